The van der Waals surface area contributed by atoms with Crippen LogP contribution in [0.2, 0.25) is 0 Å². The fraction of sp³-hybridized carbons (Fsp3) is 0.0769. The second kappa shape index (κ2) is 5.04. The van der Waals surface area contributed by atoms with E-state index in [0.29, 0.717) is 5.71 Å². The topological polar surface area (TPSA) is 67.2 Å². The summed E-state index contributed by atoms with van der Waals surface area (Å²) in [7, 11) is 0. The fourth-order valence-corrected chi connectivity index (χ4v) is 2.36. The number of nitrogens with zero attached hydrogens (tertiary/aromatic N) is 3. The van der Waals surface area contributed by atoms with E-state index in [-0.39, 0.29) is 12.3 Å². The molecule has 3 rings (SSSR count). The average molecular weight is 364 g/mol. The predicted octanol–water partition coefficient (Wildman–Crippen LogP) is 2.54. The van der Waals surface area contributed by atoms with Crippen molar-refractivity contribution < 1.29 is 4.79 Å². The van der Waals surface area contributed by atoms with Gasteiger partial charge in [0.05, 0.1) is 35.9 Å². The third-order valence-corrected chi connectivity index (χ3v) is 3.40. The Morgan fingerprint density at radius 3 is 2.89 bits per heavy atom. The molecule has 1 aliphatic heterocycles. The van der Waals surface area contributed by atoms with Crippen molar-refractivity contribution in [2.45, 2.75) is 6.42 Å². The highest BCUT2D eigenvalue weighted by Gasteiger charge is 2.17. The first-order valence-corrected chi connectivity index (χ1v) is 6.74. The summed E-state index contributed by atoms with van der Waals surface area (Å²) >= 11 is 2.20. The normalized spacial score (nSPS) is 14.2. The zero-order chi connectivity index (χ0) is 13.2. The van der Waals surface area contributed by atoms with E-state index in [1.54, 1.807) is 18.5 Å². The lowest BCUT2D eigenvalue weighted by molar-refractivity contribution is -0.115. The molecule has 6 heteroatoms. The molecule has 0 unspecified atom stereocenters. The van der Waals surface area contributed by atoms with Crippen molar-refractivity contribution in [2.75, 3.05) is 5.32 Å². The number of hydrogen-bond acceptors (Lipinski definition) is 4. The quantitative estimate of drug-likeness (QED) is 0.791. The highest BCUT2D eigenvalue weighted by Crippen LogP contribution is 2.30. The van der Waals surface area contributed by atoms with Crippen LogP contribution in [-0.4, -0.2) is 21.8 Å². The number of rotatable bonds is 1. The Morgan fingerprint density at radius 1 is 1.21 bits per heavy atom. The van der Waals surface area contributed by atoms with Gasteiger partial charge in [-0.3, -0.25) is 9.79 Å². The number of nitrogens with one attached hydrogen (secondary N) is 1. The Morgan fingerprint density at radius 2 is 2.11 bits per heavy atom. The zero-order valence-corrected chi connectivity index (χ0v) is 12.0. The molecule has 1 N–H and O–H groups in total. The van der Waals surface area contributed by atoms with Gasteiger partial charge in [-0.25, -0.2) is 0 Å². The molecule has 1 amide bonds. The zero-order valence-electron chi connectivity index (χ0n) is 9.80. The number of aliphatic imine (C=N–C) groups is 1. The van der Waals surface area contributed by atoms with Gasteiger partial charge in [0.25, 0.3) is 0 Å². The molecule has 0 fully saturated rings. The SMILES string of the molecule is O=C1CC(c2ccnnc2)=Nc2ccc(I)cc2N1. The van der Waals surface area contributed by atoms with Gasteiger partial charge in [0.2, 0.25) is 5.91 Å². The summed E-state index contributed by atoms with van der Waals surface area (Å²) in [6.07, 6.45) is 3.44. The number of benzene rings is 1. The number of amides is 1. The molecule has 2 aromatic rings. The maximum Gasteiger partial charge on any atom is 0.230 e. The van der Waals surface area contributed by atoms with Gasteiger partial charge in [0.1, 0.15) is 0 Å². The summed E-state index contributed by atoms with van der Waals surface area (Å²) in [4.78, 5) is 16.5. The van der Waals surface area contributed by atoms with E-state index >= 15 is 0 Å². The molecular weight excluding hydrogens is 355 g/mol. The van der Waals surface area contributed by atoms with E-state index in [1.165, 1.54) is 0 Å². The first kappa shape index (κ1) is 12.2. The molecule has 0 bridgehead atoms. The van der Waals surface area contributed by atoms with Crippen LogP contribution in [0.1, 0.15) is 12.0 Å². The van der Waals surface area contributed by atoms with Crippen molar-refractivity contribution in [3.63, 3.8) is 0 Å². The Hall–Kier alpha value is -1.83. The Kier molecular flexibility index (Phi) is 3.24. The lowest BCUT2D eigenvalue weighted by Crippen LogP contribution is -2.15. The third-order valence-electron chi connectivity index (χ3n) is 2.73. The second-order valence-corrected chi connectivity index (χ2v) is 5.32. The lowest BCUT2D eigenvalue weighted by atomic mass is 10.1. The van der Waals surface area contributed by atoms with Crippen LogP contribution in [0, 0.1) is 3.57 Å². The second-order valence-electron chi connectivity index (χ2n) is 4.08. The summed E-state index contributed by atoms with van der Waals surface area (Å²) in [5.74, 6) is -0.0729. The number of hydrogen-bond donors (Lipinski definition) is 1. The number of aromatic nitrogens is 2. The fourth-order valence-electron chi connectivity index (χ4n) is 1.87. The highest BCUT2D eigenvalue weighted by molar-refractivity contribution is 14.1. The van der Waals surface area contributed by atoms with Gasteiger partial charge in [-0.1, -0.05) is 0 Å². The summed E-state index contributed by atoms with van der Waals surface area (Å²) in [5, 5.41) is 10.4. The van der Waals surface area contributed by atoms with E-state index in [4.69, 9.17) is 0 Å². The third kappa shape index (κ3) is 2.62. The summed E-state index contributed by atoms with van der Waals surface area (Å²) in [5.41, 5.74) is 3.02. The molecule has 94 valence electrons. The molecule has 0 saturated carbocycles. The van der Waals surface area contributed by atoms with Crippen LogP contribution in [-0.2, 0) is 4.79 Å². The van der Waals surface area contributed by atoms with E-state index in [0.717, 1.165) is 20.5 Å². The number of fused-ring (bicyclic) bond motifs is 1. The Balaban J connectivity index is 2.11. The smallest absolute Gasteiger partial charge is 0.230 e. The molecule has 1 aromatic carbocycles. The predicted molar refractivity (Wildman–Crippen MR) is 80.6 cm³/mol. The molecule has 0 radical (unpaired) electrons. The number of halogens is 1. The van der Waals surface area contributed by atoms with Gasteiger partial charge in [0, 0.05) is 9.13 Å². The van der Waals surface area contributed by atoms with Crippen LogP contribution >= 0.6 is 22.6 Å². The molecule has 5 nitrogen and oxygen atoms in total. The van der Waals surface area contributed by atoms with Gasteiger partial charge in [0.15, 0.2) is 0 Å². The summed E-state index contributed by atoms with van der Waals surface area (Å²) in [6.45, 7) is 0. The van der Waals surface area contributed by atoms with Crippen molar-refractivity contribution in [3.8, 4) is 0 Å². The molecule has 19 heavy (non-hydrogen) atoms. The van der Waals surface area contributed by atoms with E-state index in [1.807, 2.05) is 18.2 Å². The Labute approximate surface area is 123 Å². The lowest BCUT2D eigenvalue weighted by Gasteiger charge is -2.04. The monoisotopic (exact) mass is 364 g/mol. The van der Waals surface area contributed by atoms with Crippen LogP contribution in [0.4, 0.5) is 11.4 Å². The van der Waals surface area contributed by atoms with Crippen molar-refractivity contribution >= 4 is 45.6 Å². The largest absolute Gasteiger partial charge is 0.324 e. The average Bonchev–Trinajstić information content (AvgIpc) is 2.57. The first-order valence-electron chi connectivity index (χ1n) is 5.66. The summed E-state index contributed by atoms with van der Waals surface area (Å²) in [6, 6.07) is 7.57. The molecule has 1 aliphatic rings. The van der Waals surface area contributed by atoms with Gasteiger partial charge >= 0.3 is 0 Å². The van der Waals surface area contributed by atoms with Crippen molar-refractivity contribution in [1.29, 1.82) is 0 Å². The minimum atomic E-state index is -0.0729. The molecule has 1 aromatic heterocycles. The maximum atomic E-state index is 11.9. The molecular formula is C13H9IN4O. The van der Waals surface area contributed by atoms with Gasteiger partial charge < -0.3 is 5.32 Å². The number of carbonyl (C=O) groups is 1. The van der Waals surface area contributed by atoms with Crippen molar-refractivity contribution in [3.05, 3.63) is 45.8 Å². The van der Waals surface area contributed by atoms with Gasteiger partial charge in [-0.15, -0.1) is 0 Å². The van der Waals surface area contributed by atoms with Crippen molar-refractivity contribution in [2.24, 2.45) is 4.99 Å². The maximum absolute atomic E-state index is 11.9. The minimum absolute atomic E-state index is 0.0729. The van der Waals surface area contributed by atoms with Crippen molar-refractivity contribution in [1.82, 2.24) is 10.2 Å². The molecule has 0 spiro atoms. The van der Waals surface area contributed by atoms with E-state index in [9.17, 15) is 4.79 Å². The summed E-state index contributed by atoms with van der Waals surface area (Å²) < 4.78 is 1.06. The Bertz CT molecular complexity index is 670. The molecule has 0 aliphatic carbocycles. The minimum Gasteiger partial charge on any atom is -0.324 e. The molecule has 0 saturated heterocycles. The molecule has 2 heterocycles. The standard InChI is InChI=1S/C13H9IN4O/c14-9-1-2-10-12(5-9)18-13(19)6-11(17-10)8-3-4-15-16-7-8/h1-5,7H,6H2,(H,18,19). The van der Waals surface area contributed by atoms with Crippen LogP contribution in [0.15, 0.2) is 41.7 Å². The van der Waals surface area contributed by atoms with Crippen LogP contribution < -0.4 is 5.32 Å². The number of carbonyl (C=O) groups excluding carboxylic acids is 1. The van der Waals surface area contributed by atoms with Gasteiger partial charge in [-0.05, 0) is 46.9 Å². The number of anilines is 1. The van der Waals surface area contributed by atoms with E-state index in [2.05, 4.69) is 43.1 Å². The first-order chi connectivity index (χ1) is 9.22. The van der Waals surface area contributed by atoms with Crippen LogP contribution in [0.25, 0.3) is 0 Å². The molecule has 0 atom stereocenters. The van der Waals surface area contributed by atoms with Gasteiger partial charge in [-0.2, -0.15) is 10.2 Å². The van der Waals surface area contributed by atoms with Crippen LogP contribution in [0.3, 0.4) is 0 Å². The highest BCUT2D eigenvalue weighted by atomic mass is 127. The van der Waals surface area contributed by atoms with Crippen LogP contribution in [0.5, 0.6) is 0 Å². The van der Waals surface area contributed by atoms with E-state index < -0.39 is 0 Å².